The molecule has 0 atom stereocenters. The van der Waals surface area contributed by atoms with Gasteiger partial charge in [-0.15, -0.1) is 0 Å². The molecule has 1 nitrogen and oxygen atoms in total. The molecule has 0 aromatic heterocycles. The normalized spacial score (nSPS) is 11.1. The number of hydrogen-bond donors (Lipinski definition) is 1. The third-order valence-electron chi connectivity index (χ3n) is 3.30. The number of benzene rings is 2. The molecular weight excluding hydrogens is 249 g/mol. The van der Waals surface area contributed by atoms with Gasteiger partial charge in [0.2, 0.25) is 0 Å². The van der Waals surface area contributed by atoms with Gasteiger partial charge in [0.25, 0.3) is 0 Å². The van der Waals surface area contributed by atoms with Crippen molar-refractivity contribution in [2.75, 3.05) is 7.05 Å². The van der Waals surface area contributed by atoms with E-state index in [1.165, 1.54) is 5.56 Å². The van der Waals surface area contributed by atoms with Crippen LogP contribution in [0.25, 0.3) is 11.1 Å². The number of rotatable bonds is 5. The maximum absolute atomic E-state index is 14.2. The highest BCUT2D eigenvalue weighted by Gasteiger charge is 2.07. The van der Waals surface area contributed by atoms with Crippen molar-refractivity contribution in [1.82, 2.24) is 5.32 Å². The molecule has 0 heterocycles. The Morgan fingerprint density at radius 2 is 1.85 bits per heavy atom. The van der Waals surface area contributed by atoms with Crippen LogP contribution >= 0.6 is 0 Å². The summed E-state index contributed by atoms with van der Waals surface area (Å²) in [5.74, 6) is 0.451. The molecule has 1 N–H and O–H groups in total. The summed E-state index contributed by atoms with van der Waals surface area (Å²) in [5.41, 5.74) is 3.86. The molecule has 2 heteroatoms. The standard InChI is InChI=1S/C18H22FN/c1-13(2)9-14-5-4-6-16(10-14)17-8-7-15(12-20-3)11-18(17)19/h4-8,10-11,13,20H,9,12H2,1-3H3. The molecule has 0 amide bonds. The van der Waals surface area contributed by atoms with E-state index in [4.69, 9.17) is 0 Å². The van der Waals surface area contributed by atoms with E-state index in [9.17, 15) is 4.39 Å². The zero-order valence-corrected chi connectivity index (χ0v) is 12.4. The van der Waals surface area contributed by atoms with Crippen molar-refractivity contribution in [3.63, 3.8) is 0 Å². The monoisotopic (exact) mass is 271 g/mol. The van der Waals surface area contributed by atoms with E-state index in [2.05, 4.69) is 31.3 Å². The first-order chi connectivity index (χ1) is 9.60. The molecule has 0 saturated carbocycles. The van der Waals surface area contributed by atoms with Crippen molar-refractivity contribution in [3.05, 3.63) is 59.4 Å². The molecule has 0 fully saturated rings. The Kier molecular flexibility index (Phi) is 4.91. The summed E-state index contributed by atoms with van der Waals surface area (Å²) >= 11 is 0. The van der Waals surface area contributed by atoms with Crippen molar-refractivity contribution in [2.45, 2.75) is 26.8 Å². The Morgan fingerprint density at radius 1 is 1.05 bits per heavy atom. The lowest BCUT2D eigenvalue weighted by atomic mass is 9.97. The molecule has 2 aromatic rings. The molecule has 2 rings (SSSR count). The van der Waals surface area contributed by atoms with Crippen LogP contribution in [0.1, 0.15) is 25.0 Å². The Hall–Kier alpha value is -1.67. The first-order valence-corrected chi connectivity index (χ1v) is 7.12. The second kappa shape index (κ2) is 6.67. The van der Waals surface area contributed by atoms with E-state index in [-0.39, 0.29) is 5.82 Å². The van der Waals surface area contributed by atoms with Gasteiger partial charge in [-0.3, -0.25) is 0 Å². The van der Waals surface area contributed by atoms with E-state index in [1.807, 2.05) is 31.3 Å². The minimum atomic E-state index is -0.153. The fourth-order valence-electron chi connectivity index (χ4n) is 2.44. The zero-order chi connectivity index (χ0) is 14.5. The van der Waals surface area contributed by atoms with Gasteiger partial charge in [-0.2, -0.15) is 0 Å². The molecule has 20 heavy (non-hydrogen) atoms. The number of nitrogens with one attached hydrogen (secondary N) is 1. The zero-order valence-electron chi connectivity index (χ0n) is 12.4. The lowest BCUT2D eigenvalue weighted by Gasteiger charge is -2.09. The van der Waals surface area contributed by atoms with Gasteiger partial charge in [0, 0.05) is 12.1 Å². The van der Waals surface area contributed by atoms with Gasteiger partial charge in [-0.05, 0) is 42.1 Å². The largest absolute Gasteiger partial charge is 0.316 e. The van der Waals surface area contributed by atoms with Crippen molar-refractivity contribution in [1.29, 1.82) is 0 Å². The van der Waals surface area contributed by atoms with Gasteiger partial charge in [0.15, 0.2) is 0 Å². The van der Waals surface area contributed by atoms with E-state index in [0.29, 0.717) is 18.0 Å². The summed E-state index contributed by atoms with van der Waals surface area (Å²) in [6, 6.07) is 13.6. The molecule has 2 aromatic carbocycles. The molecule has 0 aliphatic carbocycles. The Bertz CT molecular complexity index is 575. The molecule has 0 saturated heterocycles. The lowest BCUT2D eigenvalue weighted by molar-refractivity contribution is 0.627. The highest BCUT2D eigenvalue weighted by molar-refractivity contribution is 5.65. The van der Waals surface area contributed by atoms with Crippen LogP contribution in [0.5, 0.6) is 0 Å². The summed E-state index contributed by atoms with van der Waals surface area (Å²) in [6.45, 7) is 5.07. The molecule has 0 radical (unpaired) electrons. The third-order valence-corrected chi connectivity index (χ3v) is 3.30. The Balaban J connectivity index is 2.31. The Labute approximate surface area is 120 Å². The highest BCUT2D eigenvalue weighted by atomic mass is 19.1. The quantitative estimate of drug-likeness (QED) is 0.849. The minimum Gasteiger partial charge on any atom is -0.316 e. The van der Waals surface area contributed by atoms with Gasteiger partial charge in [-0.1, -0.05) is 50.2 Å². The van der Waals surface area contributed by atoms with E-state index in [1.54, 1.807) is 6.07 Å². The lowest BCUT2D eigenvalue weighted by Crippen LogP contribution is -2.05. The van der Waals surface area contributed by atoms with Crippen LogP contribution < -0.4 is 5.32 Å². The predicted octanol–water partition coefficient (Wildman–Crippen LogP) is 4.41. The minimum absolute atomic E-state index is 0.153. The van der Waals surface area contributed by atoms with Crippen LogP contribution in [0.2, 0.25) is 0 Å². The van der Waals surface area contributed by atoms with Gasteiger partial charge in [0.1, 0.15) is 5.82 Å². The average molecular weight is 271 g/mol. The molecular formula is C18H22FN. The van der Waals surface area contributed by atoms with Crippen LogP contribution in [-0.4, -0.2) is 7.05 Å². The van der Waals surface area contributed by atoms with E-state index < -0.39 is 0 Å². The van der Waals surface area contributed by atoms with Crippen LogP contribution in [0, 0.1) is 11.7 Å². The van der Waals surface area contributed by atoms with Crippen LogP contribution in [0.3, 0.4) is 0 Å². The van der Waals surface area contributed by atoms with Crippen molar-refractivity contribution >= 4 is 0 Å². The van der Waals surface area contributed by atoms with Crippen molar-refractivity contribution in [2.24, 2.45) is 5.92 Å². The fourth-order valence-corrected chi connectivity index (χ4v) is 2.44. The topological polar surface area (TPSA) is 12.0 Å². The first kappa shape index (κ1) is 14.7. The molecule has 0 aliphatic heterocycles. The predicted molar refractivity (Wildman–Crippen MR) is 83.1 cm³/mol. The van der Waals surface area contributed by atoms with E-state index >= 15 is 0 Å². The van der Waals surface area contributed by atoms with Gasteiger partial charge in [0.05, 0.1) is 0 Å². The summed E-state index contributed by atoms with van der Waals surface area (Å²) in [5, 5.41) is 3.03. The maximum Gasteiger partial charge on any atom is 0.131 e. The first-order valence-electron chi connectivity index (χ1n) is 7.12. The van der Waals surface area contributed by atoms with Crippen molar-refractivity contribution < 1.29 is 4.39 Å². The van der Waals surface area contributed by atoms with Crippen LogP contribution in [-0.2, 0) is 13.0 Å². The fraction of sp³-hybridized carbons (Fsp3) is 0.333. The molecule has 0 aliphatic rings. The second-order valence-corrected chi connectivity index (χ2v) is 5.64. The van der Waals surface area contributed by atoms with Crippen molar-refractivity contribution in [3.8, 4) is 11.1 Å². The maximum atomic E-state index is 14.2. The molecule has 0 unspecified atom stereocenters. The average Bonchev–Trinajstić information content (AvgIpc) is 2.38. The number of hydrogen-bond acceptors (Lipinski definition) is 1. The second-order valence-electron chi connectivity index (χ2n) is 5.64. The summed E-state index contributed by atoms with van der Waals surface area (Å²) in [7, 11) is 1.86. The molecule has 0 spiro atoms. The van der Waals surface area contributed by atoms with Crippen LogP contribution in [0.15, 0.2) is 42.5 Å². The summed E-state index contributed by atoms with van der Waals surface area (Å²) < 4.78 is 14.2. The van der Waals surface area contributed by atoms with Gasteiger partial charge >= 0.3 is 0 Å². The summed E-state index contributed by atoms with van der Waals surface area (Å²) in [6.07, 6.45) is 1.02. The van der Waals surface area contributed by atoms with Gasteiger partial charge < -0.3 is 5.32 Å². The van der Waals surface area contributed by atoms with Gasteiger partial charge in [-0.25, -0.2) is 4.39 Å². The molecule has 106 valence electrons. The summed E-state index contributed by atoms with van der Waals surface area (Å²) in [4.78, 5) is 0. The third kappa shape index (κ3) is 3.67. The highest BCUT2D eigenvalue weighted by Crippen LogP contribution is 2.25. The SMILES string of the molecule is CNCc1ccc(-c2cccc(CC(C)C)c2)c(F)c1. The van der Waals surface area contributed by atoms with Crippen LogP contribution in [0.4, 0.5) is 4.39 Å². The Morgan fingerprint density at radius 3 is 2.50 bits per heavy atom. The van der Waals surface area contributed by atoms with E-state index in [0.717, 1.165) is 17.5 Å². The molecule has 0 bridgehead atoms. The number of halogens is 1. The smallest absolute Gasteiger partial charge is 0.131 e.